The summed E-state index contributed by atoms with van der Waals surface area (Å²) in [7, 11) is 0. The number of hydrogen-bond acceptors (Lipinski definition) is 4. The lowest BCUT2D eigenvalue weighted by atomic mass is 9.92. The summed E-state index contributed by atoms with van der Waals surface area (Å²) in [6.07, 6.45) is 2.82. The van der Waals surface area contributed by atoms with E-state index < -0.39 is 30.8 Å². The molecule has 4 nitrogen and oxygen atoms in total. The van der Waals surface area contributed by atoms with Crippen molar-refractivity contribution in [2.24, 2.45) is 0 Å². The summed E-state index contributed by atoms with van der Waals surface area (Å²) in [5, 5.41) is 0. The van der Waals surface area contributed by atoms with Crippen LogP contribution in [0.4, 0.5) is 18.0 Å². The molecule has 0 aliphatic rings. The Kier molecular flexibility index (Phi) is 13.8. The number of alkyl halides is 3. The number of carbonyl (C=O) groups excluding carboxylic acids is 2. The van der Waals surface area contributed by atoms with Gasteiger partial charge in [-0.25, -0.2) is 9.59 Å². The smallest absolute Gasteiger partial charge is 0.421 e. The minimum Gasteiger partial charge on any atom is -0.421 e. The highest BCUT2D eigenvalue weighted by molar-refractivity contribution is 5.98. The normalized spacial score (nSPS) is 12.1. The number of benzene rings is 3. The van der Waals surface area contributed by atoms with E-state index in [4.69, 9.17) is 0 Å². The van der Waals surface area contributed by atoms with Crippen LogP contribution in [-0.2, 0) is 15.9 Å². The van der Waals surface area contributed by atoms with Crippen LogP contribution in [0.3, 0.4) is 0 Å². The second-order valence-corrected chi connectivity index (χ2v) is 11.0. The Morgan fingerprint density at radius 2 is 1.30 bits per heavy atom. The maximum atomic E-state index is 13.3. The van der Waals surface area contributed by atoms with Crippen LogP contribution in [0.15, 0.2) is 72.8 Å². The van der Waals surface area contributed by atoms with Crippen molar-refractivity contribution in [2.75, 3.05) is 0 Å². The van der Waals surface area contributed by atoms with Gasteiger partial charge in [0.05, 0.1) is 5.56 Å². The molecule has 0 amide bonds. The van der Waals surface area contributed by atoms with Crippen LogP contribution < -0.4 is 0 Å². The molecule has 0 aliphatic heterocycles. The number of halogens is 3. The highest BCUT2D eigenvalue weighted by Gasteiger charge is 2.43. The Hall–Kier alpha value is -3.61. The topological polar surface area (TPSA) is 52.6 Å². The maximum absolute atomic E-state index is 13.3. The molecule has 0 radical (unpaired) electrons. The minimum atomic E-state index is -4.75. The highest BCUT2D eigenvalue weighted by Crippen LogP contribution is 2.34. The van der Waals surface area contributed by atoms with E-state index in [1.165, 1.54) is 56.6 Å². The van der Waals surface area contributed by atoms with E-state index in [0.29, 0.717) is 6.42 Å². The number of hydrogen-bond donors (Lipinski definition) is 0. The summed E-state index contributed by atoms with van der Waals surface area (Å²) in [5.41, 5.74) is 4.71. The van der Waals surface area contributed by atoms with Crippen LogP contribution >= 0.6 is 0 Å². The van der Waals surface area contributed by atoms with Gasteiger partial charge in [0.2, 0.25) is 6.10 Å². The van der Waals surface area contributed by atoms with E-state index in [0.717, 1.165) is 35.1 Å². The number of ether oxygens (including phenoxy) is 2. The van der Waals surface area contributed by atoms with Crippen LogP contribution in [-0.4, -0.2) is 24.4 Å². The van der Waals surface area contributed by atoms with Gasteiger partial charge in [0, 0.05) is 0 Å². The van der Waals surface area contributed by atoms with Crippen molar-refractivity contribution >= 4 is 12.1 Å². The standard InChI is InChI=1S/C36H43F3O4/c1-3-5-7-8-9-10-11-13-16-27-20-22-29(23-21-27)31-25-24-30(26-32(31)28-17-14-12-15-18-28)34(40)43-35(41)42-33(19-6-4-2)36(37,38)39/h12,14-15,17-18,20-26,33H,3-11,13,16,19H2,1-2H3. The molecule has 3 aromatic rings. The van der Waals surface area contributed by atoms with Gasteiger partial charge in [0.15, 0.2) is 0 Å². The highest BCUT2D eigenvalue weighted by atomic mass is 19.4. The third-order valence-electron chi connectivity index (χ3n) is 7.52. The monoisotopic (exact) mass is 596 g/mol. The van der Waals surface area contributed by atoms with Crippen LogP contribution in [0.1, 0.15) is 100 Å². The number of esters is 1. The van der Waals surface area contributed by atoms with E-state index in [2.05, 4.69) is 40.7 Å². The van der Waals surface area contributed by atoms with Crippen molar-refractivity contribution in [3.8, 4) is 22.3 Å². The molecule has 0 N–H and O–H groups in total. The molecule has 0 heterocycles. The quantitative estimate of drug-likeness (QED) is 0.0938. The molecule has 1 unspecified atom stereocenters. The summed E-state index contributed by atoms with van der Waals surface area (Å²) in [4.78, 5) is 24.9. The number of carbonyl (C=O) groups is 2. The van der Waals surface area contributed by atoms with E-state index >= 15 is 0 Å². The van der Waals surface area contributed by atoms with Crippen LogP contribution in [0.5, 0.6) is 0 Å². The lowest BCUT2D eigenvalue weighted by Crippen LogP contribution is -2.34. The van der Waals surface area contributed by atoms with Gasteiger partial charge < -0.3 is 9.47 Å². The Balaban J connectivity index is 1.70. The molecular weight excluding hydrogens is 553 g/mol. The first-order valence-electron chi connectivity index (χ1n) is 15.5. The Morgan fingerprint density at radius 3 is 1.93 bits per heavy atom. The third kappa shape index (κ3) is 11.2. The van der Waals surface area contributed by atoms with Crippen LogP contribution in [0, 0.1) is 0 Å². The lowest BCUT2D eigenvalue weighted by Gasteiger charge is -2.19. The van der Waals surface area contributed by atoms with Gasteiger partial charge in [-0.2, -0.15) is 13.2 Å². The fourth-order valence-electron chi connectivity index (χ4n) is 5.05. The van der Waals surface area contributed by atoms with Gasteiger partial charge >= 0.3 is 18.3 Å². The van der Waals surface area contributed by atoms with Gasteiger partial charge in [-0.3, -0.25) is 0 Å². The summed E-state index contributed by atoms with van der Waals surface area (Å²) < 4.78 is 48.9. The molecule has 3 aromatic carbocycles. The van der Waals surface area contributed by atoms with E-state index in [1.807, 2.05) is 30.3 Å². The molecule has 0 spiro atoms. The molecule has 7 heteroatoms. The van der Waals surface area contributed by atoms with E-state index in [1.54, 1.807) is 19.1 Å². The first-order chi connectivity index (χ1) is 20.7. The average Bonchev–Trinajstić information content (AvgIpc) is 3.00. The van der Waals surface area contributed by atoms with Gasteiger partial charge in [-0.05, 0) is 65.6 Å². The maximum Gasteiger partial charge on any atom is 0.517 e. The van der Waals surface area contributed by atoms with E-state index in [-0.39, 0.29) is 12.0 Å². The number of rotatable bonds is 16. The molecule has 0 saturated heterocycles. The predicted octanol–water partition coefficient (Wildman–Crippen LogP) is 11.1. The molecule has 0 saturated carbocycles. The molecular formula is C36H43F3O4. The molecule has 0 aliphatic carbocycles. The minimum absolute atomic E-state index is 0.0305. The van der Waals surface area contributed by atoms with Gasteiger partial charge in [-0.1, -0.05) is 126 Å². The largest absolute Gasteiger partial charge is 0.517 e. The van der Waals surface area contributed by atoms with Crippen molar-refractivity contribution in [1.82, 2.24) is 0 Å². The molecule has 1 atom stereocenters. The zero-order valence-corrected chi connectivity index (χ0v) is 25.3. The Labute approximate surface area is 253 Å². The van der Waals surface area contributed by atoms with Crippen LogP contribution in [0.25, 0.3) is 22.3 Å². The molecule has 43 heavy (non-hydrogen) atoms. The molecule has 0 fully saturated rings. The SMILES string of the molecule is CCCCCCCCCCc1ccc(-c2ccc(C(=O)OC(=O)OC(CCCC)C(F)(F)F)cc2-c2ccccc2)cc1. The summed E-state index contributed by atoms with van der Waals surface area (Å²) >= 11 is 0. The second-order valence-electron chi connectivity index (χ2n) is 11.0. The van der Waals surface area contributed by atoms with Crippen molar-refractivity contribution in [2.45, 2.75) is 103 Å². The zero-order valence-electron chi connectivity index (χ0n) is 25.3. The summed E-state index contributed by atoms with van der Waals surface area (Å²) in [5.74, 6) is -1.08. The van der Waals surface area contributed by atoms with Crippen molar-refractivity contribution in [3.63, 3.8) is 0 Å². The molecule has 0 aromatic heterocycles. The zero-order chi connectivity index (χ0) is 31.1. The molecule has 232 valence electrons. The fourth-order valence-corrected chi connectivity index (χ4v) is 5.05. The van der Waals surface area contributed by atoms with Crippen LogP contribution in [0.2, 0.25) is 0 Å². The predicted molar refractivity (Wildman–Crippen MR) is 165 cm³/mol. The van der Waals surface area contributed by atoms with Gasteiger partial charge in [0.1, 0.15) is 0 Å². The lowest BCUT2D eigenvalue weighted by molar-refractivity contribution is -0.209. The third-order valence-corrected chi connectivity index (χ3v) is 7.52. The summed E-state index contributed by atoms with van der Waals surface area (Å²) in [6.45, 7) is 3.96. The van der Waals surface area contributed by atoms with Crippen molar-refractivity contribution in [3.05, 3.63) is 83.9 Å². The molecule has 3 rings (SSSR count). The average molecular weight is 597 g/mol. The Bertz CT molecular complexity index is 1270. The van der Waals surface area contributed by atoms with E-state index in [9.17, 15) is 22.8 Å². The fraction of sp³-hybridized carbons (Fsp3) is 0.444. The first-order valence-corrected chi connectivity index (χ1v) is 15.5. The van der Waals surface area contributed by atoms with Gasteiger partial charge in [-0.15, -0.1) is 0 Å². The number of aryl methyl sites for hydroxylation is 1. The molecule has 0 bridgehead atoms. The van der Waals surface area contributed by atoms with Gasteiger partial charge in [0.25, 0.3) is 0 Å². The van der Waals surface area contributed by atoms with Crippen molar-refractivity contribution in [1.29, 1.82) is 0 Å². The Morgan fingerprint density at radius 1 is 0.698 bits per heavy atom. The summed E-state index contributed by atoms with van der Waals surface area (Å²) in [6, 6.07) is 22.7. The number of unbranched alkanes of at least 4 members (excludes halogenated alkanes) is 8. The first kappa shape index (κ1) is 33.9. The van der Waals surface area contributed by atoms with Crippen molar-refractivity contribution < 1.29 is 32.2 Å². The second kappa shape index (κ2) is 17.5.